The Bertz CT molecular complexity index is 1120. The molecular formula is C29H37ClN2O6. The number of aryl methyl sites for hydroxylation is 1. The third-order valence-electron chi connectivity index (χ3n) is 8.27. The first-order valence-corrected chi connectivity index (χ1v) is 13.5. The van der Waals surface area contributed by atoms with Crippen molar-refractivity contribution in [2.24, 2.45) is 11.8 Å². The maximum atomic E-state index is 14.5. The van der Waals surface area contributed by atoms with E-state index in [0.29, 0.717) is 36.4 Å². The van der Waals surface area contributed by atoms with Crippen molar-refractivity contribution in [2.45, 2.75) is 69.7 Å². The van der Waals surface area contributed by atoms with Crippen LogP contribution in [0.4, 0.5) is 5.69 Å². The fourth-order valence-corrected chi connectivity index (χ4v) is 6.91. The third kappa shape index (κ3) is 4.36. The second-order valence-electron chi connectivity index (χ2n) is 10.7. The van der Waals surface area contributed by atoms with Crippen LogP contribution in [0.15, 0.2) is 43.5 Å². The number of halogens is 1. The molecule has 8 nitrogen and oxygen atoms in total. The van der Waals surface area contributed by atoms with Crippen LogP contribution in [0.2, 0.25) is 5.02 Å². The van der Waals surface area contributed by atoms with Crippen molar-refractivity contribution >= 4 is 35.1 Å². The quantitative estimate of drug-likeness (QED) is 0.258. The highest BCUT2D eigenvalue weighted by Gasteiger charge is 2.79. The lowest BCUT2D eigenvalue weighted by Gasteiger charge is -2.39. The number of fused-ring (bicyclic) bond motifs is 1. The monoisotopic (exact) mass is 544 g/mol. The Hall–Kier alpha value is -2.68. The van der Waals surface area contributed by atoms with Gasteiger partial charge in [0, 0.05) is 6.54 Å². The molecule has 9 heteroatoms. The van der Waals surface area contributed by atoms with E-state index in [0.717, 1.165) is 5.56 Å². The average Bonchev–Trinajstić information content (AvgIpc) is 3.45. The number of benzene rings is 1. The summed E-state index contributed by atoms with van der Waals surface area (Å²) in [6, 6.07) is 3.64. The number of anilines is 1. The first-order valence-electron chi connectivity index (χ1n) is 13.2. The van der Waals surface area contributed by atoms with Gasteiger partial charge in [0.15, 0.2) is 0 Å². The van der Waals surface area contributed by atoms with Crippen molar-refractivity contribution in [1.29, 1.82) is 0 Å². The highest BCUT2D eigenvalue weighted by Crippen LogP contribution is 2.63. The topological polar surface area (TPSA) is 96.4 Å². The summed E-state index contributed by atoms with van der Waals surface area (Å²) in [5.41, 5.74) is -0.851. The summed E-state index contributed by atoms with van der Waals surface area (Å²) >= 11 is 6.56. The normalized spacial score (nSPS) is 30.2. The van der Waals surface area contributed by atoms with Gasteiger partial charge in [0.1, 0.15) is 17.6 Å². The Morgan fingerprint density at radius 1 is 1.34 bits per heavy atom. The summed E-state index contributed by atoms with van der Waals surface area (Å²) in [5, 5.41) is 10.5. The van der Waals surface area contributed by atoms with Gasteiger partial charge in [-0.15, -0.1) is 13.2 Å². The Labute approximate surface area is 229 Å². The van der Waals surface area contributed by atoms with Crippen LogP contribution in [-0.4, -0.2) is 70.8 Å². The number of ether oxygens (including phenoxy) is 2. The number of rotatable bonds is 11. The number of carbonyl (C=O) groups excluding carboxylic acids is 3. The predicted octanol–water partition coefficient (Wildman–Crippen LogP) is 3.82. The summed E-state index contributed by atoms with van der Waals surface area (Å²) in [4.78, 5) is 44.9. The molecule has 1 aromatic carbocycles. The summed E-state index contributed by atoms with van der Waals surface area (Å²) in [5.74, 6) is -3.01. The molecule has 1 aromatic rings. The van der Waals surface area contributed by atoms with E-state index in [-0.39, 0.29) is 31.6 Å². The highest BCUT2D eigenvalue weighted by atomic mass is 35.5. The van der Waals surface area contributed by atoms with Crippen molar-refractivity contribution in [2.75, 3.05) is 24.7 Å². The maximum Gasteiger partial charge on any atom is 0.312 e. The minimum absolute atomic E-state index is 0.155. The number of carbonyl (C=O) groups is 3. The highest BCUT2D eigenvalue weighted by molar-refractivity contribution is 6.34. The van der Waals surface area contributed by atoms with Crippen molar-refractivity contribution in [3.8, 4) is 0 Å². The Balaban J connectivity index is 1.78. The molecule has 1 spiro atoms. The van der Waals surface area contributed by atoms with Gasteiger partial charge in [-0.25, -0.2) is 0 Å². The molecule has 0 radical (unpaired) electrons. The van der Waals surface area contributed by atoms with Gasteiger partial charge in [-0.05, 0) is 58.1 Å². The zero-order chi connectivity index (χ0) is 27.8. The third-order valence-corrected chi connectivity index (χ3v) is 8.58. The zero-order valence-corrected chi connectivity index (χ0v) is 23.1. The van der Waals surface area contributed by atoms with E-state index in [1.54, 1.807) is 31.2 Å². The van der Waals surface area contributed by atoms with Crippen LogP contribution < -0.4 is 4.90 Å². The molecule has 38 heavy (non-hydrogen) atoms. The molecule has 206 valence electrons. The van der Waals surface area contributed by atoms with Crippen LogP contribution in [0.1, 0.15) is 45.1 Å². The van der Waals surface area contributed by atoms with Crippen LogP contribution in [0, 0.1) is 18.8 Å². The number of unbranched alkanes of at least 4 members (excludes halogenated alkanes) is 1. The maximum absolute atomic E-state index is 14.5. The van der Waals surface area contributed by atoms with Crippen LogP contribution in [0.3, 0.4) is 0 Å². The molecule has 3 heterocycles. The summed E-state index contributed by atoms with van der Waals surface area (Å²) in [6.45, 7) is 12.9. The van der Waals surface area contributed by atoms with Gasteiger partial charge in [0.2, 0.25) is 5.91 Å². The molecule has 3 saturated heterocycles. The van der Waals surface area contributed by atoms with Gasteiger partial charge in [-0.2, -0.15) is 0 Å². The van der Waals surface area contributed by atoms with E-state index >= 15 is 0 Å². The van der Waals surface area contributed by atoms with Crippen molar-refractivity contribution < 1.29 is 29.0 Å². The molecule has 0 aliphatic carbocycles. The molecule has 0 aromatic heterocycles. The lowest BCUT2D eigenvalue weighted by Crippen LogP contribution is -2.58. The zero-order valence-electron chi connectivity index (χ0n) is 22.3. The number of aliphatic hydroxyl groups is 1. The lowest BCUT2D eigenvalue weighted by molar-refractivity contribution is -0.160. The number of likely N-dealkylation sites (tertiary alicyclic amines) is 1. The van der Waals surface area contributed by atoms with Gasteiger partial charge in [0.25, 0.3) is 5.91 Å². The molecule has 4 rings (SSSR count). The van der Waals surface area contributed by atoms with Gasteiger partial charge in [-0.3, -0.25) is 14.4 Å². The van der Waals surface area contributed by atoms with Crippen molar-refractivity contribution in [3.05, 3.63) is 54.1 Å². The number of nitrogens with zero attached hydrogens (tertiary/aromatic N) is 2. The smallest absolute Gasteiger partial charge is 0.312 e. The second kappa shape index (κ2) is 10.8. The van der Waals surface area contributed by atoms with Gasteiger partial charge < -0.3 is 24.4 Å². The molecule has 1 N–H and O–H groups in total. The minimum atomic E-state index is -1.23. The van der Waals surface area contributed by atoms with Crippen LogP contribution in [0.25, 0.3) is 0 Å². The predicted molar refractivity (Wildman–Crippen MR) is 145 cm³/mol. The first-order chi connectivity index (χ1) is 18.1. The average molecular weight is 545 g/mol. The lowest BCUT2D eigenvalue weighted by atomic mass is 9.66. The number of allylic oxidation sites excluding steroid dienone is 1. The number of para-hydroxylation sites is 1. The van der Waals surface area contributed by atoms with Gasteiger partial charge in [-0.1, -0.05) is 35.9 Å². The summed E-state index contributed by atoms with van der Waals surface area (Å²) in [7, 11) is 0. The number of amides is 2. The molecule has 3 fully saturated rings. The molecular weight excluding hydrogens is 508 g/mol. The molecule has 2 bridgehead atoms. The Morgan fingerprint density at radius 3 is 2.71 bits per heavy atom. The molecule has 6 atom stereocenters. The van der Waals surface area contributed by atoms with E-state index in [1.807, 2.05) is 19.9 Å². The fraction of sp³-hybridized carbons (Fsp3) is 0.552. The summed E-state index contributed by atoms with van der Waals surface area (Å²) in [6.07, 6.45) is 5.62. The van der Waals surface area contributed by atoms with Crippen LogP contribution in [0.5, 0.6) is 0 Å². The SMILES string of the molecule is C=CCCCOC(=O)[C@H]1[C@H]2C(=O)N([C@H](C)CO)C(C(=O)N(CC=C)c3c(C)cccc3Cl)C23CC[C@]1(C)O3. The Kier molecular flexibility index (Phi) is 8.07. The van der Waals surface area contributed by atoms with Crippen LogP contribution >= 0.6 is 11.6 Å². The number of esters is 1. The molecule has 3 aliphatic heterocycles. The largest absolute Gasteiger partial charge is 0.465 e. The van der Waals surface area contributed by atoms with E-state index in [1.165, 1.54) is 9.80 Å². The van der Waals surface area contributed by atoms with Gasteiger partial charge >= 0.3 is 5.97 Å². The number of hydrogen-bond donors (Lipinski definition) is 1. The number of aliphatic hydroxyl groups excluding tert-OH is 1. The van der Waals surface area contributed by atoms with Gasteiger partial charge in [0.05, 0.1) is 41.5 Å². The minimum Gasteiger partial charge on any atom is -0.465 e. The fourth-order valence-electron chi connectivity index (χ4n) is 6.59. The van der Waals surface area contributed by atoms with E-state index in [4.69, 9.17) is 21.1 Å². The van der Waals surface area contributed by atoms with E-state index in [2.05, 4.69) is 13.2 Å². The number of hydrogen-bond acceptors (Lipinski definition) is 6. The van der Waals surface area contributed by atoms with E-state index < -0.39 is 41.1 Å². The Morgan fingerprint density at radius 2 is 2.08 bits per heavy atom. The first kappa shape index (κ1) is 28.3. The molecule has 2 unspecified atom stereocenters. The summed E-state index contributed by atoms with van der Waals surface area (Å²) < 4.78 is 12.2. The second-order valence-corrected chi connectivity index (χ2v) is 11.2. The molecule has 3 aliphatic rings. The standard InChI is InChI=1S/C29H37ClN2O6/c1-6-8-9-16-37-27(36)22-21-25(34)32(19(4)17-33)24(29(21)14-13-28(22,5)38-29)26(35)31(15-7-2)23-18(3)11-10-12-20(23)30/h6-7,10-12,19,21-22,24,33H,1-2,8-9,13-17H2,3-5H3/t19-,21+,22-,24?,28+,29?/m1/s1. The molecule has 0 saturated carbocycles. The molecule has 2 amide bonds. The van der Waals surface area contributed by atoms with Crippen molar-refractivity contribution in [1.82, 2.24) is 4.90 Å². The van der Waals surface area contributed by atoms with E-state index in [9.17, 15) is 19.5 Å². The van der Waals surface area contributed by atoms with Crippen LogP contribution in [-0.2, 0) is 23.9 Å². The van der Waals surface area contributed by atoms with Crippen molar-refractivity contribution in [3.63, 3.8) is 0 Å².